The Labute approximate surface area is 231 Å². The van der Waals surface area contributed by atoms with E-state index in [1.807, 2.05) is 63.0 Å². The summed E-state index contributed by atoms with van der Waals surface area (Å²) in [5.41, 5.74) is 1.67. The van der Waals surface area contributed by atoms with Crippen LogP contribution < -0.4 is 0 Å². The normalized spacial score (nSPS) is 19.9. The molecule has 1 amide bonds. The van der Waals surface area contributed by atoms with Gasteiger partial charge in [-0.3, -0.25) is 0 Å². The summed E-state index contributed by atoms with van der Waals surface area (Å²) in [6.07, 6.45) is 2.31. The van der Waals surface area contributed by atoms with E-state index in [9.17, 15) is 9.59 Å². The molecule has 1 saturated heterocycles. The second kappa shape index (κ2) is 10.1. The molecule has 2 aromatic carbocycles. The lowest BCUT2D eigenvalue weighted by atomic mass is 9.87. The standard InChI is InChI=1S/C29H40Cl2N2O3Si/c1-28(2,3)36-27(34)32-14-8-9-24(19(18-32)17-29(4,5)37(6,7)35)33-25-12-10-20(30)15-22(25)23-16-21(31)11-13-26(23)33/h10-13,15-16,19,24,35H,8-9,14,17-18H2,1-7H3/t19-,24-/m1/s1. The van der Waals surface area contributed by atoms with Crippen LogP contribution in [0.3, 0.4) is 0 Å². The predicted octanol–water partition coefficient (Wildman–Crippen LogP) is 8.66. The topological polar surface area (TPSA) is 54.7 Å². The number of carbonyl (C=O) groups excluding carboxylic acids is 1. The minimum atomic E-state index is -2.49. The molecule has 37 heavy (non-hydrogen) atoms. The van der Waals surface area contributed by atoms with Crippen LogP contribution in [-0.4, -0.2) is 47.4 Å². The first-order chi connectivity index (χ1) is 17.1. The summed E-state index contributed by atoms with van der Waals surface area (Å²) in [7, 11) is -2.49. The van der Waals surface area contributed by atoms with Crippen LogP contribution in [0.1, 0.15) is 59.9 Å². The number of hydrogen-bond acceptors (Lipinski definition) is 3. The molecule has 0 saturated carbocycles. The summed E-state index contributed by atoms with van der Waals surface area (Å²) in [5.74, 6) is 0.120. The third-order valence-corrected chi connectivity index (χ3v) is 12.1. The molecule has 1 fully saturated rings. The number of aromatic nitrogens is 1. The summed E-state index contributed by atoms with van der Waals surface area (Å²) in [6.45, 7) is 15.3. The quantitative estimate of drug-likeness (QED) is 0.323. The number of halogens is 2. The molecule has 1 aliphatic heterocycles. The van der Waals surface area contributed by atoms with Gasteiger partial charge in [0.1, 0.15) is 5.60 Å². The van der Waals surface area contributed by atoms with Crippen molar-refractivity contribution in [3.05, 3.63) is 46.4 Å². The molecule has 0 spiro atoms. The first-order valence-electron chi connectivity index (χ1n) is 13.2. The van der Waals surface area contributed by atoms with Gasteiger partial charge in [-0.2, -0.15) is 0 Å². The number of fused-ring (bicyclic) bond motifs is 3. The van der Waals surface area contributed by atoms with Crippen molar-refractivity contribution < 1.29 is 14.3 Å². The van der Waals surface area contributed by atoms with Gasteiger partial charge >= 0.3 is 6.09 Å². The third kappa shape index (κ3) is 5.98. The van der Waals surface area contributed by atoms with Gasteiger partial charge in [0.15, 0.2) is 8.32 Å². The molecule has 202 valence electrons. The molecule has 0 unspecified atom stereocenters. The molecule has 2 atom stereocenters. The Hall–Kier alpha value is -1.73. The number of benzene rings is 2. The first kappa shape index (κ1) is 28.3. The van der Waals surface area contributed by atoms with E-state index in [1.54, 1.807) is 0 Å². The monoisotopic (exact) mass is 562 g/mol. The highest BCUT2D eigenvalue weighted by molar-refractivity contribution is 6.72. The molecule has 0 bridgehead atoms. The van der Waals surface area contributed by atoms with Gasteiger partial charge in [-0.05, 0) is 100 Å². The lowest BCUT2D eigenvalue weighted by Crippen LogP contribution is -2.44. The van der Waals surface area contributed by atoms with Gasteiger partial charge in [-0.1, -0.05) is 37.0 Å². The number of carbonyl (C=O) groups is 1. The fourth-order valence-electron chi connectivity index (χ4n) is 5.52. The maximum absolute atomic E-state index is 13.2. The highest BCUT2D eigenvalue weighted by Crippen LogP contribution is 2.48. The summed E-state index contributed by atoms with van der Waals surface area (Å²) < 4.78 is 8.21. The highest BCUT2D eigenvalue weighted by atomic mass is 35.5. The Morgan fingerprint density at radius 3 is 2.05 bits per heavy atom. The van der Waals surface area contributed by atoms with Crippen LogP contribution in [0.25, 0.3) is 21.8 Å². The van der Waals surface area contributed by atoms with Crippen LogP contribution in [0.2, 0.25) is 28.2 Å². The van der Waals surface area contributed by atoms with Crippen LogP contribution in [0, 0.1) is 5.92 Å². The number of nitrogens with zero attached hydrogens (tertiary/aromatic N) is 2. The van der Waals surface area contributed by atoms with E-state index in [-0.39, 0.29) is 23.1 Å². The van der Waals surface area contributed by atoms with E-state index < -0.39 is 13.9 Å². The SMILES string of the molecule is CC(C)(C)OC(=O)N1CCC[C@@H](n2c3ccc(Cl)cc3c3cc(Cl)ccc32)[C@H](CC(C)(C)[Si](C)(C)O)C1. The minimum Gasteiger partial charge on any atom is -0.444 e. The Bertz CT molecular complexity index is 1250. The Kier molecular flexibility index (Phi) is 7.72. The Morgan fingerprint density at radius 2 is 1.57 bits per heavy atom. The van der Waals surface area contributed by atoms with E-state index in [0.717, 1.165) is 41.1 Å². The lowest BCUT2D eigenvalue weighted by Gasteiger charge is -2.41. The van der Waals surface area contributed by atoms with Crippen molar-refractivity contribution >= 4 is 59.4 Å². The fourth-order valence-corrected chi connectivity index (χ4v) is 6.62. The first-order valence-corrected chi connectivity index (χ1v) is 16.9. The average molecular weight is 564 g/mol. The Morgan fingerprint density at radius 1 is 1.03 bits per heavy atom. The van der Waals surface area contributed by atoms with Crippen molar-refractivity contribution in [1.29, 1.82) is 0 Å². The van der Waals surface area contributed by atoms with Gasteiger partial charge in [0.05, 0.1) is 0 Å². The van der Waals surface area contributed by atoms with Gasteiger partial charge in [-0.15, -0.1) is 0 Å². The summed E-state index contributed by atoms with van der Waals surface area (Å²) >= 11 is 12.9. The zero-order valence-corrected chi connectivity index (χ0v) is 25.6. The van der Waals surface area contributed by atoms with Crippen LogP contribution in [0.5, 0.6) is 0 Å². The maximum atomic E-state index is 13.2. The van der Waals surface area contributed by atoms with Crippen molar-refractivity contribution in [1.82, 2.24) is 9.47 Å². The lowest BCUT2D eigenvalue weighted by molar-refractivity contribution is 0.0222. The second-order valence-corrected chi connectivity index (χ2v) is 18.1. The number of amides is 1. The van der Waals surface area contributed by atoms with Crippen LogP contribution in [0.15, 0.2) is 36.4 Å². The zero-order chi connectivity index (χ0) is 27.3. The molecule has 0 radical (unpaired) electrons. The van der Waals surface area contributed by atoms with Crippen LogP contribution in [0.4, 0.5) is 4.79 Å². The molecule has 1 aromatic heterocycles. The molecule has 1 aliphatic rings. The maximum Gasteiger partial charge on any atom is 0.410 e. The van der Waals surface area contributed by atoms with Crippen molar-refractivity contribution in [2.45, 2.75) is 83.7 Å². The molecule has 5 nitrogen and oxygen atoms in total. The molecule has 3 aromatic rings. The third-order valence-electron chi connectivity index (χ3n) is 8.07. The van der Waals surface area contributed by atoms with E-state index in [0.29, 0.717) is 23.1 Å². The van der Waals surface area contributed by atoms with Gasteiger partial charge in [0.2, 0.25) is 0 Å². The van der Waals surface area contributed by atoms with E-state index >= 15 is 0 Å². The summed E-state index contributed by atoms with van der Waals surface area (Å²) in [4.78, 5) is 26.3. The van der Waals surface area contributed by atoms with E-state index in [1.165, 1.54) is 0 Å². The summed E-state index contributed by atoms with van der Waals surface area (Å²) in [5, 5.41) is 3.29. The predicted molar refractivity (Wildman–Crippen MR) is 157 cm³/mol. The van der Waals surface area contributed by atoms with Gasteiger partial charge in [0, 0.05) is 51.0 Å². The smallest absolute Gasteiger partial charge is 0.410 e. The molecular formula is C29H40Cl2N2O3Si. The van der Waals surface area contributed by atoms with Crippen molar-refractivity contribution in [3.8, 4) is 0 Å². The minimum absolute atomic E-state index is 0.120. The molecule has 8 heteroatoms. The second-order valence-electron chi connectivity index (χ2n) is 12.7. The van der Waals surface area contributed by atoms with E-state index in [4.69, 9.17) is 27.9 Å². The molecule has 4 rings (SSSR count). The van der Waals surface area contributed by atoms with Crippen molar-refractivity contribution in [2.75, 3.05) is 13.1 Å². The Balaban J connectivity index is 1.85. The van der Waals surface area contributed by atoms with E-state index in [2.05, 4.69) is 30.5 Å². The number of likely N-dealkylation sites (tertiary alicyclic amines) is 1. The number of hydrogen-bond donors (Lipinski definition) is 1. The number of ether oxygens (including phenoxy) is 1. The van der Waals surface area contributed by atoms with Crippen LogP contribution in [-0.2, 0) is 4.74 Å². The number of rotatable bonds is 4. The van der Waals surface area contributed by atoms with Crippen molar-refractivity contribution in [3.63, 3.8) is 0 Å². The molecular weight excluding hydrogens is 523 g/mol. The average Bonchev–Trinajstić information content (AvgIpc) is 2.91. The fraction of sp³-hybridized carbons (Fsp3) is 0.552. The van der Waals surface area contributed by atoms with Gasteiger partial charge in [-0.25, -0.2) is 4.79 Å². The summed E-state index contributed by atoms with van der Waals surface area (Å²) in [6, 6.07) is 12.2. The largest absolute Gasteiger partial charge is 0.444 e. The zero-order valence-electron chi connectivity index (χ0n) is 23.1. The highest BCUT2D eigenvalue weighted by Gasteiger charge is 2.43. The molecule has 2 heterocycles. The van der Waals surface area contributed by atoms with Crippen LogP contribution >= 0.6 is 23.2 Å². The van der Waals surface area contributed by atoms with Gasteiger partial charge in [0.25, 0.3) is 0 Å². The van der Waals surface area contributed by atoms with Gasteiger partial charge < -0.3 is 19.0 Å². The molecule has 0 aliphatic carbocycles. The van der Waals surface area contributed by atoms with Crippen molar-refractivity contribution in [2.24, 2.45) is 5.92 Å². The molecule has 1 N–H and O–H groups in total.